The minimum atomic E-state index is -0.179. The molecule has 4 nitrogen and oxygen atoms in total. The lowest BCUT2D eigenvalue weighted by atomic mass is 9.99. The maximum absolute atomic E-state index is 6.26. The molecule has 1 heterocycles. The van der Waals surface area contributed by atoms with Crippen molar-refractivity contribution < 1.29 is 0 Å². The molecule has 0 fully saturated rings. The number of aromatic nitrogens is 2. The molecule has 0 aliphatic heterocycles. The zero-order valence-electron chi connectivity index (χ0n) is 9.80. The number of anilines is 1. The topological polar surface area (TPSA) is 80.7 Å². The number of rotatable bonds is 2. The summed E-state index contributed by atoms with van der Waals surface area (Å²) in [6.45, 7) is 0. The van der Waals surface area contributed by atoms with Crippen LogP contribution in [-0.4, -0.2) is 9.97 Å². The number of hydrogen-bond donors (Lipinski definition) is 3. The molecule has 0 saturated heterocycles. The molecule has 5 N–H and O–H groups in total. The summed E-state index contributed by atoms with van der Waals surface area (Å²) in [5, 5.41) is 0. The summed E-state index contributed by atoms with van der Waals surface area (Å²) >= 11 is 0. The zero-order valence-corrected chi connectivity index (χ0v) is 9.80. The Kier molecular flexibility index (Phi) is 2.50. The first-order chi connectivity index (χ1) is 8.74. The second kappa shape index (κ2) is 4.16. The summed E-state index contributed by atoms with van der Waals surface area (Å²) in [5.41, 5.74) is 16.7. The molecule has 1 unspecified atom stereocenters. The second-order valence-electron chi connectivity index (χ2n) is 4.33. The number of H-pyrrole nitrogens is 1. The SMILES string of the molecule is Nc1cccc(C(N)c2ccc3nc[nH]c3c2)c1. The monoisotopic (exact) mass is 238 g/mol. The molecule has 0 spiro atoms. The third-order valence-electron chi connectivity index (χ3n) is 3.07. The smallest absolute Gasteiger partial charge is 0.0931 e. The van der Waals surface area contributed by atoms with E-state index in [4.69, 9.17) is 11.5 Å². The van der Waals surface area contributed by atoms with Gasteiger partial charge >= 0.3 is 0 Å². The molecule has 18 heavy (non-hydrogen) atoms. The number of hydrogen-bond acceptors (Lipinski definition) is 3. The fraction of sp³-hybridized carbons (Fsp3) is 0.0714. The van der Waals surface area contributed by atoms with Gasteiger partial charge in [0.15, 0.2) is 0 Å². The molecule has 3 aromatic rings. The normalized spacial score (nSPS) is 12.7. The largest absolute Gasteiger partial charge is 0.399 e. The number of fused-ring (bicyclic) bond motifs is 1. The second-order valence-corrected chi connectivity index (χ2v) is 4.33. The number of aromatic amines is 1. The van der Waals surface area contributed by atoms with Gasteiger partial charge in [0.2, 0.25) is 0 Å². The molecule has 90 valence electrons. The number of nitrogens with zero attached hydrogens (tertiary/aromatic N) is 1. The molecule has 1 aromatic heterocycles. The van der Waals surface area contributed by atoms with Gasteiger partial charge in [-0.3, -0.25) is 0 Å². The lowest BCUT2D eigenvalue weighted by Gasteiger charge is -2.13. The fourth-order valence-corrected chi connectivity index (χ4v) is 2.09. The molecule has 0 amide bonds. The van der Waals surface area contributed by atoms with Crippen LogP contribution in [0.3, 0.4) is 0 Å². The van der Waals surface area contributed by atoms with Gasteiger partial charge < -0.3 is 16.5 Å². The molecule has 3 rings (SSSR count). The lowest BCUT2D eigenvalue weighted by molar-refractivity contribution is 0.873. The number of nitrogens with two attached hydrogens (primary N) is 2. The van der Waals surface area contributed by atoms with E-state index in [0.717, 1.165) is 27.8 Å². The van der Waals surface area contributed by atoms with Gasteiger partial charge in [-0.05, 0) is 35.4 Å². The highest BCUT2D eigenvalue weighted by Gasteiger charge is 2.10. The van der Waals surface area contributed by atoms with Gasteiger partial charge in [-0.25, -0.2) is 4.98 Å². The maximum atomic E-state index is 6.26. The Morgan fingerprint density at radius 3 is 2.72 bits per heavy atom. The fourth-order valence-electron chi connectivity index (χ4n) is 2.09. The van der Waals surface area contributed by atoms with Gasteiger partial charge in [-0.15, -0.1) is 0 Å². The first-order valence-corrected chi connectivity index (χ1v) is 5.78. The number of nitrogens with one attached hydrogen (secondary N) is 1. The van der Waals surface area contributed by atoms with E-state index < -0.39 is 0 Å². The number of benzene rings is 2. The quantitative estimate of drug-likeness (QED) is 0.599. The third-order valence-corrected chi connectivity index (χ3v) is 3.07. The van der Waals surface area contributed by atoms with Crippen LogP contribution >= 0.6 is 0 Å². The molecule has 4 heteroatoms. The summed E-state index contributed by atoms with van der Waals surface area (Å²) in [5.74, 6) is 0. The highest BCUT2D eigenvalue weighted by molar-refractivity contribution is 5.75. The van der Waals surface area contributed by atoms with Crippen LogP contribution in [-0.2, 0) is 0 Å². The van der Waals surface area contributed by atoms with Crippen molar-refractivity contribution >= 4 is 16.7 Å². The Hall–Kier alpha value is -2.33. The summed E-state index contributed by atoms with van der Waals surface area (Å²) in [6, 6.07) is 13.5. The van der Waals surface area contributed by atoms with E-state index in [1.165, 1.54) is 0 Å². The van der Waals surface area contributed by atoms with Gasteiger partial charge in [0.25, 0.3) is 0 Å². The summed E-state index contributed by atoms with van der Waals surface area (Å²) in [7, 11) is 0. The summed E-state index contributed by atoms with van der Waals surface area (Å²) in [6.07, 6.45) is 1.68. The molecular formula is C14H14N4. The lowest BCUT2D eigenvalue weighted by Crippen LogP contribution is -2.11. The minimum Gasteiger partial charge on any atom is -0.399 e. The minimum absolute atomic E-state index is 0.179. The van der Waals surface area contributed by atoms with Crippen molar-refractivity contribution in [1.82, 2.24) is 9.97 Å². The first kappa shape index (κ1) is 10.8. The molecule has 2 aromatic carbocycles. The van der Waals surface area contributed by atoms with E-state index in [9.17, 15) is 0 Å². The van der Waals surface area contributed by atoms with E-state index in [1.54, 1.807) is 6.33 Å². The van der Waals surface area contributed by atoms with Gasteiger partial charge in [0.1, 0.15) is 0 Å². The zero-order chi connectivity index (χ0) is 12.5. The van der Waals surface area contributed by atoms with Crippen molar-refractivity contribution in [1.29, 1.82) is 0 Å². The van der Waals surface area contributed by atoms with Crippen LogP contribution in [0.4, 0.5) is 5.69 Å². The Morgan fingerprint density at radius 1 is 1.06 bits per heavy atom. The Morgan fingerprint density at radius 2 is 1.89 bits per heavy atom. The van der Waals surface area contributed by atoms with E-state index in [1.807, 2.05) is 42.5 Å². The Bertz CT molecular complexity index is 687. The standard InChI is InChI=1S/C14H14N4/c15-11-3-1-2-9(6-11)14(16)10-4-5-12-13(7-10)18-8-17-12/h1-8,14H,15-16H2,(H,17,18). The molecule has 0 aliphatic rings. The molecule has 0 aliphatic carbocycles. The van der Waals surface area contributed by atoms with E-state index in [-0.39, 0.29) is 6.04 Å². The summed E-state index contributed by atoms with van der Waals surface area (Å²) in [4.78, 5) is 7.28. The predicted octanol–water partition coefficient (Wildman–Crippen LogP) is 2.19. The summed E-state index contributed by atoms with van der Waals surface area (Å²) < 4.78 is 0. The van der Waals surface area contributed by atoms with Gasteiger partial charge in [0, 0.05) is 5.69 Å². The van der Waals surface area contributed by atoms with Crippen LogP contribution in [0.2, 0.25) is 0 Å². The highest BCUT2D eigenvalue weighted by Crippen LogP contribution is 2.23. The average Bonchev–Trinajstić information content (AvgIpc) is 2.85. The van der Waals surface area contributed by atoms with Crippen molar-refractivity contribution in [2.45, 2.75) is 6.04 Å². The highest BCUT2D eigenvalue weighted by atomic mass is 14.9. The molecule has 0 bridgehead atoms. The molecule has 1 atom stereocenters. The van der Waals surface area contributed by atoms with Gasteiger partial charge in [-0.2, -0.15) is 0 Å². The number of nitrogen functional groups attached to an aromatic ring is 1. The maximum Gasteiger partial charge on any atom is 0.0931 e. The molecule has 0 radical (unpaired) electrons. The first-order valence-electron chi connectivity index (χ1n) is 5.78. The molecule has 0 saturated carbocycles. The molecular weight excluding hydrogens is 224 g/mol. The van der Waals surface area contributed by atoms with Crippen LogP contribution in [0.25, 0.3) is 11.0 Å². The van der Waals surface area contributed by atoms with Crippen LogP contribution in [0, 0.1) is 0 Å². The Labute approximate surface area is 105 Å². The van der Waals surface area contributed by atoms with Crippen LogP contribution < -0.4 is 11.5 Å². The van der Waals surface area contributed by atoms with E-state index in [0.29, 0.717) is 0 Å². The number of imidazole rings is 1. The van der Waals surface area contributed by atoms with Crippen molar-refractivity contribution in [3.63, 3.8) is 0 Å². The van der Waals surface area contributed by atoms with Crippen molar-refractivity contribution in [2.75, 3.05) is 5.73 Å². The van der Waals surface area contributed by atoms with Crippen LogP contribution in [0.15, 0.2) is 48.8 Å². The predicted molar refractivity (Wildman–Crippen MR) is 73.0 cm³/mol. The van der Waals surface area contributed by atoms with Crippen LogP contribution in [0.1, 0.15) is 17.2 Å². The van der Waals surface area contributed by atoms with Gasteiger partial charge in [-0.1, -0.05) is 18.2 Å². The van der Waals surface area contributed by atoms with E-state index in [2.05, 4.69) is 9.97 Å². The van der Waals surface area contributed by atoms with Crippen molar-refractivity contribution in [2.24, 2.45) is 5.73 Å². The van der Waals surface area contributed by atoms with E-state index >= 15 is 0 Å². The third kappa shape index (κ3) is 1.83. The van der Waals surface area contributed by atoms with Crippen molar-refractivity contribution in [3.05, 3.63) is 59.9 Å². The van der Waals surface area contributed by atoms with Crippen molar-refractivity contribution in [3.8, 4) is 0 Å². The Balaban J connectivity index is 2.02. The van der Waals surface area contributed by atoms with Gasteiger partial charge in [0.05, 0.1) is 23.4 Å². The average molecular weight is 238 g/mol. The van der Waals surface area contributed by atoms with Crippen LogP contribution in [0.5, 0.6) is 0 Å².